The molecule has 1 N–H and O–H groups in total. The van der Waals surface area contributed by atoms with Gasteiger partial charge in [-0.3, -0.25) is 9.59 Å². The lowest BCUT2D eigenvalue weighted by Crippen LogP contribution is -2.43. The second kappa shape index (κ2) is 6.74. The summed E-state index contributed by atoms with van der Waals surface area (Å²) in [7, 11) is 0. The van der Waals surface area contributed by atoms with Crippen LogP contribution in [0.2, 0.25) is 0 Å². The minimum absolute atomic E-state index is 0.421. The van der Waals surface area contributed by atoms with Crippen LogP contribution in [-0.4, -0.2) is 29.8 Å². The van der Waals surface area contributed by atoms with Crippen molar-refractivity contribution in [2.45, 2.75) is 39.5 Å². The van der Waals surface area contributed by atoms with E-state index in [1.165, 1.54) is 5.56 Å². The first-order chi connectivity index (χ1) is 9.97. The molecule has 1 aromatic carbocycles. The van der Waals surface area contributed by atoms with Crippen LogP contribution < -0.4 is 5.32 Å². The Morgan fingerprint density at radius 1 is 1.14 bits per heavy atom. The zero-order valence-corrected chi connectivity index (χ0v) is 13.1. The number of likely N-dealkylation sites (tertiary alicyclic amines) is 1. The van der Waals surface area contributed by atoms with E-state index in [0.717, 1.165) is 12.8 Å². The molecule has 0 unspecified atom stereocenters. The monoisotopic (exact) mass is 288 g/mol. The Labute approximate surface area is 126 Å². The first-order valence-electron chi connectivity index (χ1n) is 7.67. The van der Waals surface area contributed by atoms with Crippen LogP contribution in [0.15, 0.2) is 24.3 Å². The van der Waals surface area contributed by atoms with E-state index in [1.807, 2.05) is 24.3 Å². The third-order valence-electron chi connectivity index (χ3n) is 4.10. The van der Waals surface area contributed by atoms with Crippen molar-refractivity contribution in [1.82, 2.24) is 4.90 Å². The molecule has 21 heavy (non-hydrogen) atoms. The van der Waals surface area contributed by atoms with Crippen LogP contribution >= 0.6 is 0 Å². The van der Waals surface area contributed by atoms with Gasteiger partial charge in [-0.05, 0) is 42.4 Å². The Kier molecular flexibility index (Phi) is 4.99. The van der Waals surface area contributed by atoms with Crippen molar-refractivity contribution in [2.24, 2.45) is 5.92 Å². The predicted molar refractivity (Wildman–Crippen MR) is 84.1 cm³/mol. The SMILES string of the molecule is CC1CCN(C(=O)C(=O)Nc2ccc(C(C)C)cc2)CC1. The van der Waals surface area contributed by atoms with Gasteiger partial charge in [-0.25, -0.2) is 0 Å². The van der Waals surface area contributed by atoms with Crippen LogP contribution in [0.5, 0.6) is 0 Å². The fourth-order valence-corrected chi connectivity index (χ4v) is 2.49. The number of anilines is 1. The lowest BCUT2D eigenvalue weighted by Gasteiger charge is -2.29. The van der Waals surface area contributed by atoms with Crippen molar-refractivity contribution in [3.8, 4) is 0 Å². The third kappa shape index (κ3) is 4.06. The quantitative estimate of drug-likeness (QED) is 0.850. The number of carbonyl (C=O) groups excluding carboxylic acids is 2. The topological polar surface area (TPSA) is 49.4 Å². The first kappa shape index (κ1) is 15.5. The van der Waals surface area contributed by atoms with E-state index in [9.17, 15) is 9.59 Å². The number of nitrogens with one attached hydrogen (secondary N) is 1. The summed E-state index contributed by atoms with van der Waals surface area (Å²) in [5, 5.41) is 2.69. The fraction of sp³-hybridized carbons (Fsp3) is 0.529. The highest BCUT2D eigenvalue weighted by molar-refractivity contribution is 6.39. The Hall–Kier alpha value is -1.84. The molecule has 114 valence electrons. The van der Waals surface area contributed by atoms with Gasteiger partial charge < -0.3 is 10.2 Å². The highest BCUT2D eigenvalue weighted by atomic mass is 16.2. The minimum Gasteiger partial charge on any atom is -0.334 e. The number of benzene rings is 1. The van der Waals surface area contributed by atoms with Gasteiger partial charge >= 0.3 is 11.8 Å². The third-order valence-corrected chi connectivity index (χ3v) is 4.10. The molecular formula is C17H24N2O2. The summed E-state index contributed by atoms with van der Waals surface area (Å²) in [6, 6.07) is 7.65. The maximum Gasteiger partial charge on any atom is 0.313 e. The molecule has 0 atom stereocenters. The fourth-order valence-electron chi connectivity index (χ4n) is 2.49. The van der Waals surface area contributed by atoms with Crippen molar-refractivity contribution >= 4 is 17.5 Å². The molecule has 1 saturated heterocycles. The van der Waals surface area contributed by atoms with Gasteiger partial charge in [0.2, 0.25) is 0 Å². The van der Waals surface area contributed by atoms with Crippen molar-refractivity contribution in [2.75, 3.05) is 18.4 Å². The smallest absolute Gasteiger partial charge is 0.313 e. The van der Waals surface area contributed by atoms with Gasteiger partial charge in [0.05, 0.1) is 0 Å². The maximum atomic E-state index is 12.1. The average Bonchev–Trinajstić information content (AvgIpc) is 2.47. The molecule has 1 heterocycles. The van der Waals surface area contributed by atoms with Gasteiger partial charge in [0.1, 0.15) is 0 Å². The number of piperidine rings is 1. The summed E-state index contributed by atoms with van der Waals surface area (Å²) in [5.41, 5.74) is 1.88. The van der Waals surface area contributed by atoms with Gasteiger partial charge in [0.25, 0.3) is 0 Å². The molecular weight excluding hydrogens is 264 g/mol. The minimum atomic E-state index is -0.540. The van der Waals surface area contributed by atoms with E-state index in [4.69, 9.17) is 0 Å². The van der Waals surface area contributed by atoms with Crippen molar-refractivity contribution in [3.63, 3.8) is 0 Å². The van der Waals surface area contributed by atoms with E-state index in [0.29, 0.717) is 30.6 Å². The molecule has 1 aromatic rings. The molecule has 0 radical (unpaired) electrons. The molecule has 0 aromatic heterocycles. The van der Waals surface area contributed by atoms with Gasteiger partial charge in [0, 0.05) is 18.8 Å². The lowest BCUT2D eigenvalue weighted by atomic mass is 9.99. The van der Waals surface area contributed by atoms with E-state index in [1.54, 1.807) is 4.90 Å². The van der Waals surface area contributed by atoms with Crippen LogP contribution in [0.25, 0.3) is 0 Å². The highest BCUT2D eigenvalue weighted by Crippen LogP contribution is 2.18. The Bertz CT molecular complexity index is 500. The van der Waals surface area contributed by atoms with E-state index in [2.05, 4.69) is 26.1 Å². The molecule has 1 aliphatic heterocycles. The number of rotatable bonds is 2. The Balaban J connectivity index is 1.92. The van der Waals surface area contributed by atoms with Crippen LogP contribution in [0.4, 0.5) is 5.69 Å². The molecule has 0 aliphatic carbocycles. The lowest BCUT2D eigenvalue weighted by molar-refractivity contribution is -0.144. The second-order valence-corrected chi connectivity index (χ2v) is 6.21. The molecule has 4 nitrogen and oxygen atoms in total. The molecule has 4 heteroatoms. The van der Waals surface area contributed by atoms with Crippen LogP contribution in [0.1, 0.15) is 45.1 Å². The van der Waals surface area contributed by atoms with Gasteiger partial charge in [-0.1, -0.05) is 32.9 Å². The standard InChI is InChI=1S/C17H24N2O2/c1-12(2)14-4-6-15(7-5-14)18-16(20)17(21)19-10-8-13(3)9-11-19/h4-7,12-13H,8-11H2,1-3H3,(H,18,20). The second-order valence-electron chi connectivity index (χ2n) is 6.21. The van der Waals surface area contributed by atoms with Crippen molar-refractivity contribution < 1.29 is 9.59 Å². The summed E-state index contributed by atoms with van der Waals surface area (Å²) in [6.07, 6.45) is 1.95. The van der Waals surface area contributed by atoms with Crippen LogP contribution in [0, 0.1) is 5.92 Å². The van der Waals surface area contributed by atoms with E-state index < -0.39 is 11.8 Å². The maximum absolute atomic E-state index is 12.1. The van der Waals surface area contributed by atoms with Crippen molar-refractivity contribution in [3.05, 3.63) is 29.8 Å². The van der Waals surface area contributed by atoms with E-state index >= 15 is 0 Å². The highest BCUT2D eigenvalue weighted by Gasteiger charge is 2.25. The predicted octanol–water partition coefficient (Wildman–Crippen LogP) is 3.01. The summed E-state index contributed by atoms with van der Waals surface area (Å²) < 4.78 is 0. The summed E-state index contributed by atoms with van der Waals surface area (Å²) in [6.45, 7) is 7.78. The van der Waals surface area contributed by atoms with Gasteiger partial charge in [-0.2, -0.15) is 0 Å². The molecule has 0 saturated carbocycles. The molecule has 1 aliphatic rings. The summed E-state index contributed by atoms with van der Waals surface area (Å²) in [4.78, 5) is 25.8. The van der Waals surface area contributed by atoms with Gasteiger partial charge in [-0.15, -0.1) is 0 Å². The molecule has 0 bridgehead atoms. The number of hydrogen-bond acceptors (Lipinski definition) is 2. The zero-order chi connectivity index (χ0) is 15.4. The van der Waals surface area contributed by atoms with Crippen molar-refractivity contribution in [1.29, 1.82) is 0 Å². The first-order valence-corrected chi connectivity index (χ1v) is 7.67. The van der Waals surface area contributed by atoms with E-state index in [-0.39, 0.29) is 0 Å². The van der Waals surface area contributed by atoms with Crippen LogP contribution in [0.3, 0.4) is 0 Å². The normalized spacial score (nSPS) is 16.1. The Morgan fingerprint density at radius 3 is 2.24 bits per heavy atom. The number of hydrogen-bond donors (Lipinski definition) is 1. The molecule has 2 amide bonds. The summed E-state index contributed by atoms with van der Waals surface area (Å²) >= 11 is 0. The number of nitrogens with zero attached hydrogens (tertiary/aromatic N) is 1. The largest absolute Gasteiger partial charge is 0.334 e. The Morgan fingerprint density at radius 2 is 1.71 bits per heavy atom. The molecule has 0 spiro atoms. The number of amides is 2. The summed E-state index contributed by atoms with van der Waals surface area (Å²) in [5.74, 6) is 0.129. The zero-order valence-electron chi connectivity index (χ0n) is 13.1. The molecule has 2 rings (SSSR count). The van der Waals surface area contributed by atoms with Crippen LogP contribution in [-0.2, 0) is 9.59 Å². The molecule has 1 fully saturated rings. The van der Waals surface area contributed by atoms with Gasteiger partial charge in [0.15, 0.2) is 0 Å². The number of carbonyl (C=O) groups is 2. The average molecular weight is 288 g/mol.